The van der Waals surface area contributed by atoms with Gasteiger partial charge in [-0.1, -0.05) is 0 Å². The van der Waals surface area contributed by atoms with Gasteiger partial charge in [-0.05, 0) is 46.2 Å². The topological polar surface area (TPSA) is 58.2 Å². The van der Waals surface area contributed by atoms with Crippen molar-refractivity contribution in [2.45, 2.75) is 58.5 Å². The van der Waals surface area contributed by atoms with Crippen molar-refractivity contribution in [2.24, 2.45) is 0 Å². The number of carbonyl (C=O) groups excluding carboxylic acids is 2. The van der Waals surface area contributed by atoms with Gasteiger partial charge in [0, 0.05) is 40.2 Å². The molecule has 21 heavy (non-hydrogen) atoms. The third kappa shape index (κ3) is 4.64. The number of nitrogens with one attached hydrogen (secondary N) is 2. The Bertz CT molecular complexity index is 524. The van der Waals surface area contributed by atoms with Crippen LogP contribution in [0.15, 0.2) is 6.07 Å². The highest BCUT2D eigenvalue weighted by molar-refractivity contribution is 7.12. The molecule has 2 atom stereocenters. The first-order chi connectivity index (χ1) is 9.95. The summed E-state index contributed by atoms with van der Waals surface area (Å²) in [5, 5.41) is 6.41. The summed E-state index contributed by atoms with van der Waals surface area (Å²) in [5.74, 6) is 0.0673. The Labute approximate surface area is 130 Å². The third-order valence-corrected chi connectivity index (χ3v) is 4.88. The van der Waals surface area contributed by atoms with E-state index in [1.165, 1.54) is 0 Å². The molecule has 4 nitrogen and oxygen atoms in total. The number of hydrogen-bond acceptors (Lipinski definition) is 4. The first kappa shape index (κ1) is 16.2. The lowest BCUT2D eigenvalue weighted by Gasteiger charge is -2.28. The van der Waals surface area contributed by atoms with Gasteiger partial charge in [0.2, 0.25) is 5.91 Å². The van der Waals surface area contributed by atoms with Crippen LogP contribution < -0.4 is 10.6 Å². The minimum atomic E-state index is -0.00736. The monoisotopic (exact) mass is 308 g/mol. The number of hydrogen-bond donors (Lipinski definition) is 2. The van der Waals surface area contributed by atoms with E-state index < -0.39 is 0 Å². The maximum Gasteiger partial charge on any atom is 0.220 e. The minimum absolute atomic E-state index is 0.00736. The Morgan fingerprint density at radius 2 is 2.14 bits per heavy atom. The van der Waals surface area contributed by atoms with Crippen LogP contribution in [0.4, 0.5) is 0 Å². The fraction of sp³-hybridized carbons (Fsp3) is 0.625. The molecule has 1 fully saturated rings. The zero-order chi connectivity index (χ0) is 15.4. The number of amides is 1. The normalized spacial score (nSPS) is 22.0. The molecule has 2 rings (SSSR count). The van der Waals surface area contributed by atoms with Crippen molar-refractivity contribution in [1.29, 1.82) is 0 Å². The lowest BCUT2D eigenvalue weighted by molar-refractivity contribution is -0.122. The number of rotatable bonds is 5. The molecule has 2 unspecified atom stereocenters. The number of piperidine rings is 1. The summed E-state index contributed by atoms with van der Waals surface area (Å²) in [6.45, 7) is 7.03. The van der Waals surface area contributed by atoms with Gasteiger partial charge < -0.3 is 10.6 Å². The Kier molecular flexibility index (Phi) is 5.53. The molecule has 0 saturated carbocycles. The maximum atomic E-state index is 12.1. The SMILES string of the molecule is Cc1cc(C(=O)CCC(=O)NC2CCNC(C)C2)c(C)s1. The Balaban J connectivity index is 1.78. The van der Waals surface area contributed by atoms with E-state index in [0.29, 0.717) is 12.5 Å². The molecule has 116 valence electrons. The lowest BCUT2D eigenvalue weighted by Crippen LogP contribution is -2.46. The highest BCUT2D eigenvalue weighted by Gasteiger charge is 2.20. The highest BCUT2D eigenvalue weighted by Crippen LogP contribution is 2.22. The summed E-state index contributed by atoms with van der Waals surface area (Å²) >= 11 is 1.63. The summed E-state index contributed by atoms with van der Waals surface area (Å²) in [5.41, 5.74) is 0.779. The van der Waals surface area contributed by atoms with Gasteiger partial charge in [-0.3, -0.25) is 9.59 Å². The highest BCUT2D eigenvalue weighted by atomic mass is 32.1. The summed E-state index contributed by atoms with van der Waals surface area (Å²) in [7, 11) is 0. The smallest absolute Gasteiger partial charge is 0.220 e. The van der Waals surface area contributed by atoms with Crippen LogP contribution in [0.2, 0.25) is 0 Å². The second-order valence-electron chi connectivity index (χ2n) is 5.89. The number of carbonyl (C=O) groups is 2. The van der Waals surface area contributed by atoms with E-state index in [1.807, 2.05) is 19.9 Å². The van der Waals surface area contributed by atoms with Crippen LogP contribution in [-0.4, -0.2) is 30.3 Å². The van der Waals surface area contributed by atoms with Gasteiger partial charge in [-0.25, -0.2) is 0 Å². The molecule has 1 aromatic rings. The van der Waals surface area contributed by atoms with Crippen LogP contribution in [0.25, 0.3) is 0 Å². The Morgan fingerprint density at radius 3 is 2.76 bits per heavy atom. The largest absolute Gasteiger partial charge is 0.353 e. The number of aryl methyl sites for hydroxylation is 2. The Hall–Kier alpha value is -1.20. The van der Waals surface area contributed by atoms with Gasteiger partial charge in [0.05, 0.1) is 0 Å². The molecule has 5 heteroatoms. The van der Waals surface area contributed by atoms with Gasteiger partial charge >= 0.3 is 0 Å². The molecule has 1 aliphatic heterocycles. The second-order valence-corrected chi connectivity index (χ2v) is 7.35. The van der Waals surface area contributed by atoms with Gasteiger partial charge in [0.15, 0.2) is 5.78 Å². The summed E-state index contributed by atoms with van der Waals surface area (Å²) in [4.78, 5) is 26.3. The van der Waals surface area contributed by atoms with Crippen molar-refractivity contribution in [3.63, 3.8) is 0 Å². The van der Waals surface area contributed by atoms with Crippen LogP contribution in [-0.2, 0) is 4.79 Å². The van der Waals surface area contributed by atoms with E-state index in [0.717, 1.165) is 34.7 Å². The van der Waals surface area contributed by atoms with Crippen LogP contribution in [0.1, 0.15) is 52.7 Å². The van der Waals surface area contributed by atoms with Crippen LogP contribution in [0.3, 0.4) is 0 Å². The molecule has 0 spiro atoms. The Morgan fingerprint density at radius 1 is 1.38 bits per heavy atom. The maximum absolute atomic E-state index is 12.1. The zero-order valence-electron chi connectivity index (χ0n) is 13.0. The summed E-state index contributed by atoms with van der Waals surface area (Å²) in [6.07, 6.45) is 2.50. The average molecular weight is 308 g/mol. The van der Waals surface area contributed by atoms with Crippen LogP contribution >= 0.6 is 11.3 Å². The number of ketones is 1. The van der Waals surface area contributed by atoms with E-state index >= 15 is 0 Å². The molecule has 1 aliphatic rings. The third-order valence-electron chi connectivity index (χ3n) is 3.91. The molecule has 2 N–H and O–H groups in total. The summed E-state index contributed by atoms with van der Waals surface area (Å²) in [6, 6.07) is 2.62. The van der Waals surface area contributed by atoms with Crippen LogP contribution in [0.5, 0.6) is 0 Å². The van der Waals surface area contributed by atoms with Gasteiger partial charge in [0.1, 0.15) is 0 Å². The average Bonchev–Trinajstić information content (AvgIpc) is 2.75. The van der Waals surface area contributed by atoms with E-state index in [9.17, 15) is 9.59 Å². The molecular weight excluding hydrogens is 284 g/mol. The van der Waals surface area contributed by atoms with Gasteiger partial charge in [-0.2, -0.15) is 0 Å². The number of Topliss-reactive ketones (excluding diaryl/α,β-unsaturated/α-hetero) is 1. The van der Waals surface area contributed by atoms with Crippen molar-refractivity contribution in [2.75, 3.05) is 6.54 Å². The standard InChI is InChI=1S/C16H24N2O2S/c1-10-8-13(6-7-17-10)18-16(20)5-4-15(19)14-9-11(2)21-12(14)3/h9-10,13,17H,4-8H2,1-3H3,(H,18,20). The molecule has 0 aromatic carbocycles. The zero-order valence-corrected chi connectivity index (χ0v) is 13.8. The molecule has 0 aliphatic carbocycles. The van der Waals surface area contributed by atoms with Crippen LogP contribution in [0, 0.1) is 13.8 Å². The summed E-state index contributed by atoms with van der Waals surface area (Å²) < 4.78 is 0. The first-order valence-electron chi connectivity index (χ1n) is 7.58. The minimum Gasteiger partial charge on any atom is -0.353 e. The van der Waals surface area contributed by atoms with Crippen molar-refractivity contribution in [3.05, 3.63) is 21.4 Å². The fourth-order valence-electron chi connectivity index (χ4n) is 2.83. The van der Waals surface area contributed by atoms with Gasteiger partial charge in [0.25, 0.3) is 0 Å². The number of thiophene rings is 1. The predicted molar refractivity (Wildman–Crippen MR) is 86.0 cm³/mol. The van der Waals surface area contributed by atoms with Gasteiger partial charge in [-0.15, -0.1) is 11.3 Å². The van der Waals surface area contributed by atoms with E-state index in [-0.39, 0.29) is 24.2 Å². The molecule has 1 saturated heterocycles. The van der Waals surface area contributed by atoms with Crippen molar-refractivity contribution < 1.29 is 9.59 Å². The van der Waals surface area contributed by atoms with Crippen molar-refractivity contribution >= 4 is 23.0 Å². The molecule has 1 aromatic heterocycles. The quantitative estimate of drug-likeness (QED) is 0.822. The molecular formula is C16H24N2O2S. The molecule has 2 heterocycles. The molecule has 1 amide bonds. The van der Waals surface area contributed by atoms with E-state index in [4.69, 9.17) is 0 Å². The fourth-order valence-corrected chi connectivity index (χ4v) is 3.77. The molecule has 0 bridgehead atoms. The predicted octanol–water partition coefficient (Wildman–Crippen LogP) is 2.58. The molecule has 0 radical (unpaired) electrons. The first-order valence-corrected chi connectivity index (χ1v) is 8.40. The van der Waals surface area contributed by atoms with Crippen molar-refractivity contribution in [1.82, 2.24) is 10.6 Å². The van der Waals surface area contributed by atoms with Crippen molar-refractivity contribution in [3.8, 4) is 0 Å². The second kappa shape index (κ2) is 7.18. The van der Waals surface area contributed by atoms with E-state index in [2.05, 4.69) is 17.6 Å². The lowest BCUT2D eigenvalue weighted by atomic mass is 10.00. The van der Waals surface area contributed by atoms with E-state index in [1.54, 1.807) is 11.3 Å².